The van der Waals surface area contributed by atoms with Gasteiger partial charge in [-0.2, -0.15) is 0 Å². The number of unbranched alkanes of at least 4 members (excludes halogenated alkanes) is 2. The fraction of sp³-hybridized carbons (Fsp3) is 0.417. The molecule has 0 spiro atoms. The Morgan fingerprint density at radius 3 is 2.53 bits per heavy atom. The Morgan fingerprint density at radius 1 is 1.10 bits per heavy atom. The van der Waals surface area contributed by atoms with Crippen molar-refractivity contribution >= 4 is 11.9 Å². The first-order chi connectivity index (χ1) is 15.3. The fourth-order valence-electron chi connectivity index (χ4n) is 2.90. The van der Waals surface area contributed by atoms with Crippen molar-refractivity contribution in [1.29, 1.82) is 0 Å². The molecule has 0 radical (unpaired) electrons. The van der Waals surface area contributed by atoms with Gasteiger partial charge in [-0.15, -0.1) is 0 Å². The highest BCUT2D eigenvalue weighted by atomic mass is 16.5. The van der Waals surface area contributed by atoms with Gasteiger partial charge in [-0.05, 0) is 62.4 Å². The van der Waals surface area contributed by atoms with Crippen molar-refractivity contribution in [3.8, 4) is 11.5 Å². The van der Waals surface area contributed by atoms with Gasteiger partial charge in [-0.25, -0.2) is 0 Å². The quantitative estimate of drug-likeness (QED) is 0.518. The summed E-state index contributed by atoms with van der Waals surface area (Å²) in [6, 6.07) is 13.5. The Morgan fingerprint density at radius 2 is 1.83 bits per heavy atom. The number of carboxylic acids is 1. The Hall–Kier alpha value is -3.02. The molecule has 2 aromatic rings. The topological polar surface area (TPSA) is 76.1 Å². The predicted molar refractivity (Wildman–Crippen MR) is 114 cm³/mol. The molecule has 1 aliphatic rings. The third kappa shape index (κ3) is 6.79. The molecule has 2 aromatic carbocycles. The van der Waals surface area contributed by atoms with Gasteiger partial charge in [0.1, 0.15) is 11.5 Å². The smallest absolute Gasteiger partial charge is 0.303 e. The van der Waals surface area contributed by atoms with Crippen LogP contribution in [0.3, 0.4) is 0 Å². The third-order valence-electron chi connectivity index (χ3n) is 4.70. The number of nitrogens with zero attached hydrogens (tertiary/aromatic N) is 1. The maximum Gasteiger partial charge on any atom is 0.303 e. The number of carbonyl (C=O) groups is 2. The molecule has 1 amide bonds. The molecule has 3 rings (SSSR count). The summed E-state index contributed by atoms with van der Waals surface area (Å²) in [4.78, 5) is 24.6. The number of benzene rings is 2. The third-order valence-corrected chi connectivity index (χ3v) is 4.70. The molecule has 1 aliphatic carbocycles. The van der Waals surface area contributed by atoms with Crippen molar-refractivity contribution < 1.29 is 26.9 Å². The van der Waals surface area contributed by atoms with Crippen LogP contribution in [-0.4, -0.2) is 41.6 Å². The molecular weight excluding hydrogens is 382 g/mol. The van der Waals surface area contributed by atoms with Crippen LogP contribution in [0.5, 0.6) is 11.5 Å². The minimum Gasteiger partial charge on any atom is -0.493 e. The summed E-state index contributed by atoms with van der Waals surface area (Å²) in [6.07, 6.45) is 4.43. The molecule has 0 unspecified atom stereocenters. The molecule has 160 valence electrons. The minimum atomic E-state index is -2.10. The number of aliphatic carboxylic acids is 1. The zero-order chi connectivity index (χ0) is 23.1. The van der Waals surface area contributed by atoms with Gasteiger partial charge in [0.15, 0.2) is 0 Å². The molecule has 0 heterocycles. The highest BCUT2D eigenvalue weighted by Gasteiger charge is 2.23. The van der Waals surface area contributed by atoms with Crippen molar-refractivity contribution in [2.24, 2.45) is 0 Å². The summed E-state index contributed by atoms with van der Waals surface area (Å²) in [7, 11) is 1.43. The SMILES string of the molecule is [2H]C([2H])(c1ccccc1OCCCCCC(=O)O)N(C)C(=O)c1ccc(OC2CC2)cc1. The maximum absolute atomic E-state index is 13.0. The van der Waals surface area contributed by atoms with E-state index in [-0.39, 0.29) is 18.1 Å². The van der Waals surface area contributed by atoms with Gasteiger partial charge >= 0.3 is 5.97 Å². The summed E-state index contributed by atoms with van der Waals surface area (Å²) < 4.78 is 28.7. The van der Waals surface area contributed by atoms with E-state index in [4.69, 9.17) is 17.3 Å². The van der Waals surface area contributed by atoms with Gasteiger partial charge in [0.2, 0.25) is 0 Å². The molecule has 1 N–H and O–H groups in total. The number of carboxylic acid groups (broad SMARTS) is 1. The fourth-order valence-corrected chi connectivity index (χ4v) is 2.90. The molecule has 1 fully saturated rings. The van der Waals surface area contributed by atoms with Gasteiger partial charge in [0, 0.05) is 31.1 Å². The Bertz CT molecular complexity index is 928. The lowest BCUT2D eigenvalue weighted by Gasteiger charge is -2.20. The second kappa shape index (κ2) is 10.7. The van der Waals surface area contributed by atoms with Gasteiger partial charge in [0.25, 0.3) is 5.91 Å². The van der Waals surface area contributed by atoms with E-state index < -0.39 is 18.4 Å². The molecule has 0 atom stereocenters. The zero-order valence-electron chi connectivity index (χ0n) is 19.2. The predicted octanol–water partition coefficient (Wildman–Crippen LogP) is 4.52. The minimum absolute atomic E-state index is 0.125. The number of carbonyl (C=O) groups excluding carboxylic acids is 1. The van der Waals surface area contributed by atoms with Crippen LogP contribution in [0, 0.1) is 0 Å². The summed E-state index contributed by atoms with van der Waals surface area (Å²) in [5.74, 6) is -0.195. The summed E-state index contributed by atoms with van der Waals surface area (Å²) in [6.45, 7) is -1.76. The van der Waals surface area contributed by atoms with Crippen LogP contribution >= 0.6 is 0 Å². The monoisotopic (exact) mass is 413 g/mol. The summed E-state index contributed by atoms with van der Waals surface area (Å²) in [5.41, 5.74) is 0.631. The van der Waals surface area contributed by atoms with Gasteiger partial charge in [0.05, 0.1) is 15.5 Å². The number of hydrogen-bond acceptors (Lipinski definition) is 4. The Balaban J connectivity index is 1.64. The molecule has 6 heteroatoms. The van der Waals surface area contributed by atoms with E-state index in [1.165, 1.54) is 7.05 Å². The molecule has 0 bridgehead atoms. The zero-order valence-corrected chi connectivity index (χ0v) is 17.2. The van der Waals surface area contributed by atoms with E-state index in [1.54, 1.807) is 48.5 Å². The number of para-hydroxylation sites is 1. The molecule has 0 aromatic heterocycles. The molecular formula is C24H29NO5. The first-order valence-electron chi connectivity index (χ1n) is 11.3. The van der Waals surface area contributed by atoms with Crippen LogP contribution in [0.2, 0.25) is 0 Å². The summed E-state index contributed by atoms with van der Waals surface area (Å²) in [5, 5.41) is 8.69. The normalized spacial score (nSPS) is 14.4. The Labute approximate surface area is 180 Å². The van der Waals surface area contributed by atoms with Gasteiger partial charge in [-0.1, -0.05) is 18.2 Å². The maximum atomic E-state index is 13.0. The van der Waals surface area contributed by atoms with E-state index in [2.05, 4.69) is 0 Å². The van der Waals surface area contributed by atoms with Gasteiger partial charge < -0.3 is 19.5 Å². The van der Waals surface area contributed by atoms with E-state index in [1.807, 2.05) is 0 Å². The van der Waals surface area contributed by atoms with Crippen LogP contribution in [0.25, 0.3) is 0 Å². The molecule has 1 saturated carbocycles. The molecule has 0 saturated heterocycles. The van der Waals surface area contributed by atoms with Crippen molar-refractivity contribution in [3.05, 3.63) is 59.7 Å². The molecule has 0 aliphatic heterocycles. The average molecular weight is 414 g/mol. The van der Waals surface area contributed by atoms with E-state index in [9.17, 15) is 9.59 Å². The standard InChI is InChI=1S/C24H29NO5/c1-25(24(28)18-10-12-20(13-11-18)30-21-14-15-21)17-19-7-4-5-8-22(19)29-16-6-2-3-9-23(26)27/h4-5,7-8,10-13,21H,2-3,6,9,14-17H2,1H3,(H,26,27)/i17D2. The lowest BCUT2D eigenvalue weighted by atomic mass is 10.1. The van der Waals surface area contributed by atoms with Crippen molar-refractivity contribution in [2.45, 2.75) is 51.1 Å². The molecule has 6 nitrogen and oxygen atoms in total. The van der Waals surface area contributed by atoms with Crippen LogP contribution in [0.15, 0.2) is 48.5 Å². The number of rotatable bonds is 12. The molecule has 30 heavy (non-hydrogen) atoms. The van der Waals surface area contributed by atoms with Crippen molar-refractivity contribution in [3.63, 3.8) is 0 Å². The van der Waals surface area contributed by atoms with Crippen LogP contribution in [-0.2, 0) is 11.3 Å². The first-order valence-corrected chi connectivity index (χ1v) is 10.3. The summed E-state index contributed by atoms with van der Waals surface area (Å²) >= 11 is 0. The second-order valence-corrected chi connectivity index (χ2v) is 7.37. The Kier molecular flexibility index (Phi) is 6.75. The second-order valence-electron chi connectivity index (χ2n) is 7.37. The van der Waals surface area contributed by atoms with E-state index >= 15 is 0 Å². The van der Waals surface area contributed by atoms with Crippen LogP contribution in [0.1, 0.15) is 57.2 Å². The van der Waals surface area contributed by atoms with E-state index in [0.29, 0.717) is 42.9 Å². The van der Waals surface area contributed by atoms with Crippen molar-refractivity contribution in [1.82, 2.24) is 4.90 Å². The first kappa shape index (κ1) is 19.0. The largest absolute Gasteiger partial charge is 0.493 e. The average Bonchev–Trinajstić information content (AvgIpc) is 3.59. The van der Waals surface area contributed by atoms with E-state index in [0.717, 1.165) is 17.7 Å². The highest BCUT2D eigenvalue weighted by Crippen LogP contribution is 2.27. The number of ether oxygens (including phenoxy) is 2. The number of hydrogen-bond donors (Lipinski definition) is 1. The van der Waals surface area contributed by atoms with Crippen LogP contribution < -0.4 is 9.47 Å². The van der Waals surface area contributed by atoms with Crippen molar-refractivity contribution in [2.75, 3.05) is 13.7 Å². The van der Waals surface area contributed by atoms with Crippen LogP contribution in [0.4, 0.5) is 0 Å². The lowest BCUT2D eigenvalue weighted by Crippen LogP contribution is -2.26. The number of amides is 1. The van der Waals surface area contributed by atoms with Gasteiger partial charge in [-0.3, -0.25) is 9.59 Å². The highest BCUT2D eigenvalue weighted by molar-refractivity contribution is 5.94. The lowest BCUT2D eigenvalue weighted by molar-refractivity contribution is -0.137.